The molecule has 0 aliphatic heterocycles. The predicted octanol–water partition coefficient (Wildman–Crippen LogP) is 3.44. The number of thioether (sulfide) groups is 1. The maximum atomic E-state index is 12.2. The van der Waals surface area contributed by atoms with Crippen molar-refractivity contribution in [3.8, 4) is 5.75 Å². The molecule has 0 saturated carbocycles. The zero-order valence-corrected chi connectivity index (χ0v) is 15.3. The summed E-state index contributed by atoms with van der Waals surface area (Å²) in [5.41, 5.74) is 0.130. The molecule has 2 aromatic rings. The van der Waals surface area contributed by atoms with Gasteiger partial charge < -0.3 is 19.2 Å². The standard InChI is InChI=1S/C18H21NO5S/c1-12-16(18(21)22)10-14(24-12)11-19(2)17(20)8-9-25-15-6-4-13(23-3)5-7-15/h4-7,10H,8-9,11H2,1-3H3,(H,21,22). The Morgan fingerprint density at radius 3 is 2.52 bits per heavy atom. The number of hydrogen-bond donors (Lipinski definition) is 1. The topological polar surface area (TPSA) is 80.0 Å². The van der Waals surface area contributed by atoms with Crippen LogP contribution in [0.15, 0.2) is 39.6 Å². The number of carbonyl (C=O) groups excluding carboxylic acids is 1. The molecule has 1 aromatic carbocycles. The summed E-state index contributed by atoms with van der Waals surface area (Å²) in [5.74, 6) is 1.22. The van der Waals surface area contributed by atoms with Crippen molar-refractivity contribution in [3.05, 3.63) is 47.4 Å². The third-order valence-corrected chi connectivity index (χ3v) is 4.68. The van der Waals surface area contributed by atoms with Crippen LogP contribution in [0.2, 0.25) is 0 Å². The Hall–Kier alpha value is -2.41. The molecular formula is C18H21NO5S. The first-order valence-electron chi connectivity index (χ1n) is 7.74. The molecule has 7 heteroatoms. The second-order valence-electron chi connectivity index (χ2n) is 5.51. The molecule has 0 bridgehead atoms. The molecule has 0 unspecified atom stereocenters. The van der Waals surface area contributed by atoms with Crippen LogP contribution in [0.3, 0.4) is 0 Å². The number of carboxylic acids is 1. The first-order chi connectivity index (χ1) is 11.9. The Balaban J connectivity index is 1.81. The van der Waals surface area contributed by atoms with Gasteiger partial charge in [0.15, 0.2) is 0 Å². The van der Waals surface area contributed by atoms with Gasteiger partial charge in [0.1, 0.15) is 22.8 Å². The molecule has 1 amide bonds. The van der Waals surface area contributed by atoms with E-state index in [4.69, 9.17) is 14.3 Å². The SMILES string of the molecule is COc1ccc(SCCC(=O)N(C)Cc2cc(C(=O)O)c(C)o2)cc1. The molecule has 0 aliphatic carbocycles. The summed E-state index contributed by atoms with van der Waals surface area (Å²) in [5, 5.41) is 9.03. The number of aromatic carboxylic acids is 1. The van der Waals surface area contributed by atoms with Crippen molar-refractivity contribution >= 4 is 23.6 Å². The maximum Gasteiger partial charge on any atom is 0.339 e. The van der Waals surface area contributed by atoms with Crippen LogP contribution in [-0.4, -0.2) is 41.8 Å². The molecule has 0 spiro atoms. The molecule has 0 aliphatic rings. The van der Waals surface area contributed by atoms with Crippen molar-refractivity contribution in [1.29, 1.82) is 0 Å². The zero-order valence-electron chi connectivity index (χ0n) is 14.4. The lowest BCUT2D eigenvalue weighted by Gasteiger charge is -2.15. The molecule has 134 valence electrons. The molecule has 0 atom stereocenters. The smallest absolute Gasteiger partial charge is 0.339 e. The first kappa shape index (κ1) is 18.9. The molecule has 25 heavy (non-hydrogen) atoms. The van der Waals surface area contributed by atoms with E-state index >= 15 is 0 Å². The van der Waals surface area contributed by atoms with E-state index in [1.165, 1.54) is 6.07 Å². The fourth-order valence-electron chi connectivity index (χ4n) is 2.27. The summed E-state index contributed by atoms with van der Waals surface area (Å²) in [6.45, 7) is 1.85. The monoisotopic (exact) mass is 363 g/mol. The van der Waals surface area contributed by atoms with Crippen molar-refractivity contribution in [2.24, 2.45) is 0 Å². The van der Waals surface area contributed by atoms with Gasteiger partial charge in [0.05, 0.1) is 13.7 Å². The minimum atomic E-state index is -1.03. The van der Waals surface area contributed by atoms with Crippen molar-refractivity contribution < 1.29 is 23.8 Å². The van der Waals surface area contributed by atoms with E-state index < -0.39 is 5.97 Å². The lowest BCUT2D eigenvalue weighted by atomic mass is 10.2. The molecule has 0 fully saturated rings. The summed E-state index contributed by atoms with van der Waals surface area (Å²) in [6, 6.07) is 9.14. The molecule has 2 rings (SSSR count). The van der Waals surface area contributed by atoms with Gasteiger partial charge in [0.2, 0.25) is 5.91 Å². The number of carbonyl (C=O) groups is 2. The van der Waals surface area contributed by atoms with E-state index in [0.29, 0.717) is 23.7 Å². The summed E-state index contributed by atoms with van der Waals surface area (Å²) in [4.78, 5) is 25.8. The van der Waals surface area contributed by atoms with Crippen molar-refractivity contribution in [3.63, 3.8) is 0 Å². The van der Waals surface area contributed by atoms with Gasteiger partial charge in [0, 0.05) is 24.1 Å². The molecule has 1 aromatic heterocycles. The van der Waals surface area contributed by atoms with Crippen LogP contribution in [0.1, 0.15) is 28.3 Å². The van der Waals surface area contributed by atoms with Crippen molar-refractivity contribution in [1.82, 2.24) is 4.90 Å². The summed E-state index contributed by atoms with van der Waals surface area (Å²) in [6.07, 6.45) is 0.388. The number of furan rings is 1. The highest BCUT2D eigenvalue weighted by Crippen LogP contribution is 2.22. The van der Waals surface area contributed by atoms with Crippen LogP contribution in [0, 0.1) is 6.92 Å². The molecular weight excluding hydrogens is 342 g/mol. The third-order valence-electron chi connectivity index (χ3n) is 3.66. The van der Waals surface area contributed by atoms with Gasteiger partial charge in [-0.05, 0) is 37.3 Å². The minimum Gasteiger partial charge on any atom is -0.497 e. The quantitative estimate of drug-likeness (QED) is 0.724. The van der Waals surface area contributed by atoms with Crippen LogP contribution in [0.4, 0.5) is 0 Å². The van der Waals surface area contributed by atoms with Crippen LogP contribution in [0.25, 0.3) is 0 Å². The van der Waals surface area contributed by atoms with Crippen molar-refractivity contribution in [2.75, 3.05) is 19.9 Å². The number of rotatable bonds is 8. The van der Waals surface area contributed by atoms with Crippen molar-refractivity contribution in [2.45, 2.75) is 24.8 Å². The number of hydrogen-bond acceptors (Lipinski definition) is 5. The van der Waals surface area contributed by atoms with E-state index in [0.717, 1.165) is 10.6 Å². The highest BCUT2D eigenvalue weighted by atomic mass is 32.2. The van der Waals surface area contributed by atoms with Gasteiger partial charge in [-0.1, -0.05) is 0 Å². The van der Waals surface area contributed by atoms with E-state index in [2.05, 4.69) is 0 Å². The number of benzene rings is 1. The molecule has 6 nitrogen and oxygen atoms in total. The van der Waals surface area contributed by atoms with Crippen LogP contribution in [-0.2, 0) is 11.3 Å². The highest BCUT2D eigenvalue weighted by Gasteiger charge is 2.16. The summed E-state index contributed by atoms with van der Waals surface area (Å²) >= 11 is 1.60. The van der Waals surface area contributed by atoms with E-state index in [9.17, 15) is 9.59 Å². The lowest BCUT2D eigenvalue weighted by Crippen LogP contribution is -2.26. The summed E-state index contributed by atoms with van der Waals surface area (Å²) in [7, 11) is 3.30. The van der Waals surface area contributed by atoms with Gasteiger partial charge in [-0.2, -0.15) is 0 Å². The van der Waals surface area contributed by atoms with Gasteiger partial charge >= 0.3 is 5.97 Å². The molecule has 0 radical (unpaired) electrons. The predicted molar refractivity (Wildman–Crippen MR) is 95.2 cm³/mol. The molecule has 0 saturated heterocycles. The highest BCUT2D eigenvalue weighted by molar-refractivity contribution is 7.99. The largest absolute Gasteiger partial charge is 0.497 e. The molecule has 1 N–H and O–H groups in total. The maximum absolute atomic E-state index is 12.2. The van der Waals surface area contributed by atoms with Gasteiger partial charge in [-0.15, -0.1) is 11.8 Å². The number of carboxylic acid groups (broad SMARTS) is 1. The van der Waals surface area contributed by atoms with Crippen LogP contribution >= 0.6 is 11.8 Å². The fourth-order valence-corrected chi connectivity index (χ4v) is 3.12. The minimum absolute atomic E-state index is 0.0214. The summed E-state index contributed by atoms with van der Waals surface area (Å²) < 4.78 is 10.5. The Bertz CT molecular complexity index is 738. The van der Waals surface area contributed by atoms with E-state index in [-0.39, 0.29) is 18.0 Å². The zero-order chi connectivity index (χ0) is 18.4. The van der Waals surface area contributed by atoms with Crippen LogP contribution in [0.5, 0.6) is 5.75 Å². The average molecular weight is 363 g/mol. The number of methoxy groups -OCH3 is 1. The van der Waals surface area contributed by atoms with Crippen LogP contribution < -0.4 is 4.74 Å². The Morgan fingerprint density at radius 1 is 1.28 bits per heavy atom. The lowest BCUT2D eigenvalue weighted by molar-refractivity contribution is -0.130. The van der Waals surface area contributed by atoms with E-state index in [1.54, 1.807) is 37.7 Å². The van der Waals surface area contributed by atoms with Gasteiger partial charge in [0.25, 0.3) is 0 Å². The van der Waals surface area contributed by atoms with E-state index in [1.807, 2.05) is 24.3 Å². The van der Waals surface area contributed by atoms with Gasteiger partial charge in [-0.25, -0.2) is 4.79 Å². The first-order valence-corrected chi connectivity index (χ1v) is 8.72. The second kappa shape index (κ2) is 8.62. The number of ether oxygens (including phenoxy) is 1. The van der Waals surface area contributed by atoms with Gasteiger partial charge in [-0.3, -0.25) is 4.79 Å². The number of amides is 1. The Morgan fingerprint density at radius 2 is 1.96 bits per heavy atom. The number of nitrogens with zero attached hydrogens (tertiary/aromatic N) is 1. The fraction of sp³-hybridized carbons (Fsp3) is 0.333. The molecule has 1 heterocycles. The Kier molecular flexibility index (Phi) is 6.52. The third kappa shape index (κ3) is 5.29. The normalized spacial score (nSPS) is 10.5. The Labute approximate surface area is 150 Å². The number of aryl methyl sites for hydroxylation is 1. The second-order valence-corrected chi connectivity index (χ2v) is 6.68. The average Bonchev–Trinajstić information content (AvgIpc) is 2.96.